The second kappa shape index (κ2) is 6.33. The largest absolute Gasteiger partial charge is 0.493 e. The Hall–Kier alpha value is -0.780. The van der Waals surface area contributed by atoms with Crippen LogP contribution in [0.2, 0.25) is 5.02 Å². The number of carbonyl (C=O) groups excluding carboxylic acids is 1. The minimum absolute atomic E-state index is 0.0115. The number of rotatable bonds is 4. The van der Waals surface area contributed by atoms with E-state index < -0.39 is 0 Å². The van der Waals surface area contributed by atoms with E-state index in [0.717, 1.165) is 23.9 Å². The van der Waals surface area contributed by atoms with Gasteiger partial charge in [-0.2, -0.15) is 0 Å². The summed E-state index contributed by atoms with van der Waals surface area (Å²) < 4.78 is 6.05. The van der Waals surface area contributed by atoms with Gasteiger partial charge in [-0.1, -0.05) is 18.5 Å². The first-order valence-corrected chi connectivity index (χ1v) is 7.74. The SMILES string of the molecule is CCC1(C(=O)Nc2cc(Cl)cc(Br)c2OC)CCNC1. The Labute approximate surface area is 132 Å². The Morgan fingerprint density at radius 1 is 1.60 bits per heavy atom. The number of benzene rings is 1. The zero-order valence-corrected chi connectivity index (χ0v) is 13.9. The lowest BCUT2D eigenvalue weighted by molar-refractivity contribution is -0.124. The van der Waals surface area contributed by atoms with Gasteiger partial charge in [0, 0.05) is 11.6 Å². The summed E-state index contributed by atoms with van der Waals surface area (Å²) in [6, 6.07) is 3.44. The molecule has 0 aliphatic carbocycles. The van der Waals surface area contributed by atoms with Crippen LogP contribution in [0.15, 0.2) is 16.6 Å². The van der Waals surface area contributed by atoms with Gasteiger partial charge in [-0.15, -0.1) is 0 Å². The van der Waals surface area contributed by atoms with Crippen LogP contribution in [0.3, 0.4) is 0 Å². The zero-order valence-electron chi connectivity index (χ0n) is 11.6. The second-order valence-electron chi connectivity index (χ2n) is 4.98. The van der Waals surface area contributed by atoms with E-state index in [1.807, 2.05) is 6.92 Å². The van der Waals surface area contributed by atoms with E-state index in [-0.39, 0.29) is 11.3 Å². The zero-order chi connectivity index (χ0) is 14.8. The van der Waals surface area contributed by atoms with Gasteiger partial charge >= 0.3 is 0 Å². The van der Waals surface area contributed by atoms with Crippen molar-refractivity contribution in [2.24, 2.45) is 5.41 Å². The number of carbonyl (C=O) groups is 1. The molecule has 6 heteroatoms. The number of halogens is 2. The predicted molar refractivity (Wildman–Crippen MR) is 84.5 cm³/mol. The molecule has 110 valence electrons. The number of hydrogen-bond donors (Lipinski definition) is 2. The van der Waals surface area contributed by atoms with Crippen molar-refractivity contribution in [3.05, 3.63) is 21.6 Å². The van der Waals surface area contributed by atoms with Gasteiger partial charge in [0.05, 0.1) is 22.7 Å². The molecule has 1 unspecified atom stereocenters. The molecule has 1 saturated heterocycles. The summed E-state index contributed by atoms with van der Waals surface area (Å²) in [6.07, 6.45) is 1.65. The standard InChI is InChI=1S/C14H18BrClN2O2/c1-3-14(4-5-17-8-14)13(19)18-11-7-9(16)6-10(15)12(11)20-2/h6-7,17H,3-5,8H2,1-2H3,(H,18,19). The van der Waals surface area contributed by atoms with E-state index >= 15 is 0 Å². The van der Waals surface area contributed by atoms with Crippen LogP contribution >= 0.6 is 27.5 Å². The highest BCUT2D eigenvalue weighted by atomic mass is 79.9. The Balaban J connectivity index is 2.27. The lowest BCUT2D eigenvalue weighted by Crippen LogP contribution is -2.37. The molecule has 0 spiro atoms. The highest BCUT2D eigenvalue weighted by Crippen LogP contribution is 2.38. The molecule has 2 rings (SSSR count). The summed E-state index contributed by atoms with van der Waals surface area (Å²) in [4.78, 5) is 12.6. The molecule has 2 N–H and O–H groups in total. The summed E-state index contributed by atoms with van der Waals surface area (Å²) in [5, 5.41) is 6.76. The molecule has 4 nitrogen and oxygen atoms in total. The number of hydrogen-bond acceptors (Lipinski definition) is 3. The first-order chi connectivity index (χ1) is 9.52. The van der Waals surface area contributed by atoms with E-state index in [4.69, 9.17) is 16.3 Å². The van der Waals surface area contributed by atoms with Gasteiger partial charge in [-0.05, 0) is 47.4 Å². The average Bonchev–Trinajstić information content (AvgIpc) is 2.88. The van der Waals surface area contributed by atoms with Crippen molar-refractivity contribution in [2.75, 3.05) is 25.5 Å². The number of nitrogens with one attached hydrogen (secondary N) is 2. The molecule has 1 aromatic rings. The number of methoxy groups -OCH3 is 1. The van der Waals surface area contributed by atoms with Crippen LogP contribution in [0.25, 0.3) is 0 Å². The monoisotopic (exact) mass is 360 g/mol. The van der Waals surface area contributed by atoms with Gasteiger partial charge in [-0.25, -0.2) is 0 Å². The third-order valence-electron chi connectivity index (χ3n) is 3.86. The molecule has 0 radical (unpaired) electrons. The molecule has 0 aromatic heterocycles. The Morgan fingerprint density at radius 2 is 2.35 bits per heavy atom. The van der Waals surface area contributed by atoms with Crippen LogP contribution in [0.5, 0.6) is 5.75 Å². The molecule has 1 heterocycles. The van der Waals surface area contributed by atoms with Crippen LogP contribution in [0, 0.1) is 5.41 Å². The lowest BCUT2D eigenvalue weighted by Gasteiger charge is -2.26. The number of anilines is 1. The first-order valence-electron chi connectivity index (χ1n) is 6.57. The van der Waals surface area contributed by atoms with E-state index in [1.165, 1.54) is 0 Å². The molecule has 0 saturated carbocycles. The van der Waals surface area contributed by atoms with Crippen molar-refractivity contribution < 1.29 is 9.53 Å². The molecule has 20 heavy (non-hydrogen) atoms. The summed E-state index contributed by atoms with van der Waals surface area (Å²) in [5.74, 6) is 0.595. The maximum atomic E-state index is 12.6. The highest BCUT2D eigenvalue weighted by Gasteiger charge is 2.39. The van der Waals surface area contributed by atoms with E-state index in [9.17, 15) is 4.79 Å². The average molecular weight is 362 g/mol. The van der Waals surface area contributed by atoms with Gasteiger partial charge in [-0.3, -0.25) is 4.79 Å². The molecular formula is C14H18BrClN2O2. The number of ether oxygens (including phenoxy) is 1. The minimum atomic E-state index is -0.347. The van der Waals surface area contributed by atoms with Crippen molar-refractivity contribution >= 4 is 39.1 Å². The van der Waals surface area contributed by atoms with Crippen LogP contribution in [0.4, 0.5) is 5.69 Å². The molecular weight excluding hydrogens is 344 g/mol. The fourth-order valence-corrected chi connectivity index (χ4v) is 3.49. The third kappa shape index (κ3) is 2.95. The molecule has 0 bridgehead atoms. The number of amides is 1. The summed E-state index contributed by atoms with van der Waals surface area (Å²) >= 11 is 9.43. The maximum absolute atomic E-state index is 12.6. The Bertz CT molecular complexity index is 516. The predicted octanol–water partition coefficient (Wildman–Crippen LogP) is 3.44. The fourth-order valence-electron chi connectivity index (χ4n) is 2.52. The lowest BCUT2D eigenvalue weighted by atomic mass is 9.83. The Morgan fingerprint density at radius 3 is 2.90 bits per heavy atom. The van der Waals surface area contributed by atoms with Crippen molar-refractivity contribution in [2.45, 2.75) is 19.8 Å². The van der Waals surface area contributed by atoms with Gasteiger partial charge in [0.15, 0.2) is 5.75 Å². The van der Waals surface area contributed by atoms with E-state index in [1.54, 1.807) is 19.2 Å². The van der Waals surface area contributed by atoms with Crippen molar-refractivity contribution in [1.29, 1.82) is 0 Å². The van der Waals surface area contributed by atoms with Gasteiger partial charge in [0.25, 0.3) is 0 Å². The molecule has 1 atom stereocenters. The summed E-state index contributed by atoms with van der Waals surface area (Å²) in [5.41, 5.74) is 0.247. The maximum Gasteiger partial charge on any atom is 0.232 e. The summed E-state index contributed by atoms with van der Waals surface area (Å²) in [6.45, 7) is 3.62. The molecule has 1 aliphatic rings. The second-order valence-corrected chi connectivity index (χ2v) is 6.27. The molecule has 1 amide bonds. The van der Waals surface area contributed by atoms with Crippen molar-refractivity contribution in [3.8, 4) is 5.75 Å². The van der Waals surface area contributed by atoms with Crippen LogP contribution < -0.4 is 15.4 Å². The van der Waals surface area contributed by atoms with Gasteiger partial charge in [0.1, 0.15) is 0 Å². The highest BCUT2D eigenvalue weighted by molar-refractivity contribution is 9.10. The van der Waals surface area contributed by atoms with Gasteiger partial charge < -0.3 is 15.4 Å². The molecule has 1 aromatic carbocycles. The van der Waals surface area contributed by atoms with Crippen LogP contribution in [-0.2, 0) is 4.79 Å². The summed E-state index contributed by atoms with van der Waals surface area (Å²) in [7, 11) is 1.57. The Kier molecular flexibility index (Phi) is 4.94. The van der Waals surface area contributed by atoms with E-state index in [2.05, 4.69) is 26.6 Å². The van der Waals surface area contributed by atoms with Crippen molar-refractivity contribution in [1.82, 2.24) is 5.32 Å². The first kappa shape index (κ1) is 15.6. The fraction of sp³-hybridized carbons (Fsp3) is 0.500. The quantitative estimate of drug-likeness (QED) is 0.864. The third-order valence-corrected chi connectivity index (χ3v) is 4.67. The topological polar surface area (TPSA) is 50.4 Å². The minimum Gasteiger partial charge on any atom is -0.493 e. The van der Waals surface area contributed by atoms with Crippen molar-refractivity contribution in [3.63, 3.8) is 0 Å². The smallest absolute Gasteiger partial charge is 0.232 e. The molecule has 1 fully saturated rings. The normalized spacial score (nSPS) is 21.8. The van der Waals surface area contributed by atoms with Crippen LogP contribution in [-0.4, -0.2) is 26.1 Å². The van der Waals surface area contributed by atoms with Crippen LogP contribution in [0.1, 0.15) is 19.8 Å². The van der Waals surface area contributed by atoms with E-state index in [0.29, 0.717) is 23.0 Å². The molecule has 1 aliphatic heterocycles. The van der Waals surface area contributed by atoms with Gasteiger partial charge in [0.2, 0.25) is 5.91 Å².